The van der Waals surface area contributed by atoms with Crippen molar-refractivity contribution in [1.82, 2.24) is 0 Å². The topological polar surface area (TPSA) is 47.7 Å². The van der Waals surface area contributed by atoms with E-state index in [0.29, 0.717) is 11.4 Å². The number of hydrogen-bond acceptors (Lipinski definition) is 4. The Hall–Kier alpha value is -1.58. The van der Waals surface area contributed by atoms with E-state index in [2.05, 4.69) is 18.7 Å². The Kier molecular flexibility index (Phi) is 4.28. The smallest absolute Gasteiger partial charge is 0.184 e. The van der Waals surface area contributed by atoms with Crippen molar-refractivity contribution in [2.45, 2.75) is 13.8 Å². The second kappa shape index (κ2) is 5.49. The summed E-state index contributed by atoms with van der Waals surface area (Å²) in [6.07, 6.45) is 0. The van der Waals surface area contributed by atoms with Gasteiger partial charge in [0.15, 0.2) is 11.5 Å². The molecule has 0 unspecified atom stereocenters. The van der Waals surface area contributed by atoms with Crippen molar-refractivity contribution >= 4 is 11.4 Å². The number of ether oxygens (including phenoxy) is 2. The largest absolute Gasteiger partial charge is 0.493 e. The van der Waals surface area contributed by atoms with E-state index in [0.717, 1.165) is 24.5 Å². The van der Waals surface area contributed by atoms with Crippen LogP contribution in [0.1, 0.15) is 13.8 Å². The molecule has 16 heavy (non-hydrogen) atoms. The first-order chi connectivity index (χ1) is 7.67. The maximum absolute atomic E-state index is 5.84. The monoisotopic (exact) mass is 224 g/mol. The standard InChI is InChI=1S/C12H20N2O2/c1-5-14(6-2)10-7-9(13)8-11(15-3)12(10)16-4/h7-8H,5-6,13H2,1-4H3. The molecule has 0 fully saturated rings. The molecule has 2 N–H and O–H groups in total. The zero-order valence-corrected chi connectivity index (χ0v) is 10.4. The van der Waals surface area contributed by atoms with Crippen LogP contribution in [0.25, 0.3) is 0 Å². The second-order valence-electron chi connectivity index (χ2n) is 3.45. The number of nitrogen functional groups attached to an aromatic ring is 1. The van der Waals surface area contributed by atoms with Crippen LogP contribution in [-0.2, 0) is 0 Å². The highest BCUT2D eigenvalue weighted by Gasteiger charge is 2.15. The average Bonchev–Trinajstić information content (AvgIpc) is 2.30. The summed E-state index contributed by atoms with van der Waals surface area (Å²) in [6.45, 7) is 6.00. The van der Waals surface area contributed by atoms with E-state index < -0.39 is 0 Å². The highest BCUT2D eigenvalue weighted by atomic mass is 16.5. The van der Waals surface area contributed by atoms with Gasteiger partial charge in [-0.1, -0.05) is 0 Å². The van der Waals surface area contributed by atoms with Gasteiger partial charge in [0.2, 0.25) is 0 Å². The molecule has 0 aromatic heterocycles. The van der Waals surface area contributed by atoms with Gasteiger partial charge in [0.05, 0.1) is 19.9 Å². The third-order valence-electron chi connectivity index (χ3n) is 2.59. The Morgan fingerprint density at radius 3 is 2.19 bits per heavy atom. The minimum Gasteiger partial charge on any atom is -0.493 e. The van der Waals surface area contributed by atoms with Gasteiger partial charge in [-0.15, -0.1) is 0 Å². The van der Waals surface area contributed by atoms with Crippen molar-refractivity contribution in [3.63, 3.8) is 0 Å². The number of hydrogen-bond donors (Lipinski definition) is 1. The van der Waals surface area contributed by atoms with E-state index in [1.165, 1.54) is 0 Å². The third-order valence-corrected chi connectivity index (χ3v) is 2.59. The maximum atomic E-state index is 5.84. The minimum absolute atomic E-state index is 0.671. The van der Waals surface area contributed by atoms with Crippen molar-refractivity contribution in [1.29, 1.82) is 0 Å². The summed E-state index contributed by atoms with van der Waals surface area (Å²) in [6, 6.07) is 3.68. The van der Waals surface area contributed by atoms with Gasteiger partial charge in [0, 0.05) is 24.8 Å². The molecule has 0 bridgehead atoms. The average molecular weight is 224 g/mol. The Morgan fingerprint density at radius 2 is 1.75 bits per heavy atom. The normalized spacial score (nSPS) is 10.0. The number of methoxy groups -OCH3 is 2. The molecule has 0 amide bonds. The lowest BCUT2D eigenvalue weighted by atomic mass is 10.2. The molecule has 1 aromatic carbocycles. The molecular weight excluding hydrogens is 204 g/mol. The van der Waals surface area contributed by atoms with Crippen LogP contribution in [0.3, 0.4) is 0 Å². The van der Waals surface area contributed by atoms with Crippen LogP contribution < -0.4 is 20.1 Å². The SMILES string of the molecule is CCN(CC)c1cc(N)cc(OC)c1OC. The van der Waals surface area contributed by atoms with Gasteiger partial charge in [-0.3, -0.25) is 0 Å². The molecule has 0 radical (unpaired) electrons. The molecular formula is C12H20N2O2. The van der Waals surface area contributed by atoms with Crippen LogP contribution in [0, 0.1) is 0 Å². The van der Waals surface area contributed by atoms with Gasteiger partial charge in [-0.25, -0.2) is 0 Å². The van der Waals surface area contributed by atoms with Crippen LogP contribution in [0.5, 0.6) is 11.5 Å². The molecule has 0 atom stereocenters. The lowest BCUT2D eigenvalue weighted by molar-refractivity contribution is 0.355. The number of rotatable bonds is 5. The van der Waals surface area contributed by atoms with Crippen LogP contribution in [-0.4, -0.2) is 27.3 Å². The first-order valence-electron chi connectivity index (χ1n) is 5.44. The summed E-state index contributed by atoms with van der Waals surface area (Å²) in [4.78, 5) is 2.18. The minimum atomic E-state index is 0.671. The van der Waals surface area contributed by atoms with Gasteiger partial charge >= 0.3 is 0 Å². The fraction of sp³-hybridized carbons (Fsp3) is 0.500. The molecule has 1 aromatic rings. The number of anilines is 2. The van der Waals surface area contributed by atoms with E-state index in [-0.39, 0.29) is 0 Å². The first-order valence-corrected chi connectivity index (χ1v) is 5.44. The molecule has 0 saturated carbocycles. The molecule has 0 aliphatic heterocycles. The summed E-state index contributed by atoms with van der Waals surface area (Å²) < 4.78 is 10.6. The maximum Gasteiger partial charge on any atom is 0.184 e. The van der Waals surface area contributed by atoms with E-state index in [4.69, 9.17) is 15.2 Å². The van der Waals surface area contributed by atoms with Crippen LogP contribution in [0.4, 0.5) is 11.4 Å². The first kappa shape index (κ1) is 12.5. The molecule has 0 spiro atoms. The van der Waals surface area contributed by atoms with Crippen molar-refractivity contribution < 1.29 is 9.47 Å². The number of nitrogens with zero attached hydrogens (tertiary/aromatic N) is 1. The van der Waals surface area contributed by atoms with Gasteiger partial charge in [0.25, 0.3) is 0 Å². The molecule has 90 valence electrons. The van der Waals surface area contributed by atoms with Crippen molar-refractivity contribution in [2.75, 3.05) is 37.9 Å². The molecule has 0 aliphatic rings. The number of benzene rings is 1. The zero-order valence-electron chi connectivity index (χ0n) is 10.4. The van der Waals surface area contributed by atoms with Crippen molar-refractivity contribution in [3.8, 4) is 11.5 Å². The van der Waals surface area contributed by atoms with Crippen LogP contribution in [0.15, 0.2) is 12.1 Å². The van der Waals surface area contributed by atoms with Gasteiger partial charge in [-0.2, -0.15) is 0 Å². The Balaban J connectivity index is 3.29. The fourth-order valence-corrected chi connectivity index (χ4v) is 1.76. The highest BCUT2D eigenvalue weighted by molar-refractivity contribution is 5.71. The summed E-state index contributed by atoms with van der Waals surface area (Å²) >= 11 is 0. The molecule has 4 nitrogen and oxygen atoms in total. The Morgan fingerprint density at radius 1 is 1.12 bits per heavy atom. The van der Waals surface area contributed by atoms with Crippen LogP contribution >= 0.6 is 0 Å². The predicted octanol–water partition coefficient (Wildman–Crippen LogP) is 2.13. The lowest BCUT2D eigenvalue weighted by Crippen LogP contribution is -2.22. The summed E-state index contributed by atoms with van der Waals surface area (Å²) in [5.41, 5.74) is 7.50. The predicted molar refractivity (Wildman–Crippen MR) is 67.5 cm³/mol. The fourth-order valence-electron chi connectivity index (χ4n) is 1.76. The van der Waals surface area contributed by atoms with E-state index >= 15 is 0 Å². The number of nitrogens with two attached hydrogens (primary N) is 1. The lowest BCUT2D eigenvalue weighted by Gasteiger charge is -2.24. The summed E-state index contributed by atoms with van der Waals surface area (Å²) in [5.74, 6) is 1.41. The van der Waals surface area contributed by atoms with E-state index in [1.54, 1.807) is 20.3 Å². The van der Waals surface area contributed by atoms with Crippen molar-refractivity contribution in [2.24, 2.45) is 0 Å². The zero-order chi connectivity index (χ0) is 12.1. The summed E-state index contributed by atoms with van der Waals surface area (Å²) in [5, 5.41) is 0. The van der Waals surface area contributed by atoms with Crippen LogP contribution in [0.2, 0.25) is 0 Å². The van der Waals surface area contributed by atoms with Gasteiger partial charge in [0.1, 0.15) is 0 Å². The molecule has 4 heteroatoms. The molecule has 0 heterocycles. The Labute approximate surface area is 96.9 Å². The van der Waals surface area contributed by atoms with Gasteiger partial charge in [-0.05, 0) is 19.9 Å². The van der Waals surface area contributed by atoms with E-state index in [9.17, 15) is 0 Å². The highest BCUT2D eigenvalue weighted by Crippen LogP contribution is 2.39. The van der Waals surface area contributed by atoms with Crippen molar-refractivity contribution in [3.05, 3.63) is 12.1 Å². The van der Waals surface area contributed by atoms with E-state index in [1.807, 2.05) is 6.07 Å². The molecule has 0 aliphatic carbocycles. The van der Waals surface area contributed by atoms with Gasteiger partial charge < -0.3 is 20.1 Å². The second-order valence-corrected chi connectivity index (χ2v) is 3.45. The molecule has 1 rings (SSSR count). The summed E-state index contributed by atoms with van der Waals surface area (Å²) in [7, 11) is 3.25. The quantitative estimate of drug-likeness (QED) is 0.778. The molecule has 0 saturated heterocycles. The third kappa shape index (κ3) is 2.32. The Bertz CT molecular complexity index is 349.